The van der Waals surface area contributed by atoms with E-state index < -0.39 is 0 Å². The van der Waals surface area contributed by atoms with Gasteiger partial charge in [-0.25, -0.2) is 0 Å². The zero-order chi connectivity index (χ0) is 17.6. The molecule has 0 amide bonds. The van der Waals surface area contributed by atoms with Gasteiger partial charge in [-0.1, -0.05) is 47.3 Å². The van der Waals surface area contributed by atoms with Crippen LogP contribution in [0.1, 0.15) is 17.0 Å². The second-order valence-electron chi connectivity index (χ2n) is 5.54. The van der Waals surface area contributed by atoms with Crippen molar-refractivity contribution in [3.8, 4) is 22.5 Å². The highest BCUT2D eigenvalue weighted by Crippen LogP contribution is 2.21. The van der Waals surface area contributed by atoms with E-state index in [0.29, 0.717) is 18.3 Å². The van der Waals surface area contributed by atoms with Crippen LogP contribution in [0.2, 0.25) is 0 Å². The number of hydrogen-bond acceptors (Lipinski definition) is 5. The Hall–Kier alpha value is -3.36. The van der Waals surface area contributed by atoms with Gasteiger partial charge in [0.05, 0.1) is 11.4 Å². The topological polar surface area (TPSA) is 51.0 Å². The normalized spacial score (nSPS) is 10.2. The standard InChI is InChI=1S/C21H15N3OS/c1-2-6-16(7-3-1)11-12-17-8-4-9-18(14-17)22-15-20-23-21(24-25-20)19-10-5-13-26-19/h1-10,13-14,22H,15H2. The van der Waals surface area contributed by atoms with E-state index >= 15 is 0 Å². The van der Waals surface area contributed by atoms with Crippen molar-refractivity contribution in [2.75, 3.05) is 5.32 Å². The molecule has 0 saturated heterocycles. The van der Waals surface area contributed by atoms with Gasteiger partial charge >= 0.3 is 0 Å². The van der Waals surface area contributed by atoms with Crippen LogP contribution < -0.4 is 5.32 Å². The second kappa shape index (κ2) is 7.68. The quantitative estimate of drug-likeness (QED) is 0.533. The van der Waals surface area contributed by atoms with Crippen LogP contribution >= 0.6 is 11.3 Å². The molecule has 126 valence electrons. The van der Waals surface area contributed by atoms with Gasteiger partial charge in [-0.15, -0.1) is 11.3 Å². The molecule has 0 unspecified atom stereocenters. The average Bonchev–Trinajstić information content (AvgIpc) is 3.37. The lowest BCUT2D eigenvalue weighted by Crippen LogP contribution is -1.99. The smallest absolute Gasteiger partial charge is 0.246 e. The summed E-state index contributed by atoms with van der Waals surface area (Å²) in [7, 11) is 0. The summed E-state index contributed by atoms with van der Waals surface area (Å²) in [5.41, 5.74) is 2.90. The molecule has 0 atom stereocenters. The molecule has 0 spiro atoms. The molecule has 0 aliphatic carbocycles. The minimum Gasteiger partial charge on any atom is -0.376 e. The summed E-state index contributed by atoms with van der Waals surface area (Å²) in [4.78, 5) is 5.41. The number of nitrogens with zero attached hydrogens (tertiary/aromatic N) is 2. The van der Waals surface area contributed by atoms with Gasteiger partial charge in [-0.2, -0.15) is 4.98 Å². The molecule has 0 radical (unpaired) electrons. The highest BCUT2D eigenvalue weighted by atomic mass is 32.1. The molecule has 2 aromatic carbocycles. The summed E-state index contributed by atoms with van der Waals surface area (Å²) in [6.07, 6.45) is 0. The van der Waals surface area contributed by atoms with Crippen LogP contribution in [0.25, 0.3) is 10.7 Å². The Kier molecular flexibility index (Phi) is 4.77. The molecule has 0 aliphatic heterocycles. The van der Waals surface area contributed by atoms with Gasteiger partial charge in [0.15, 0.2) is 0 Å². The van der Waals surface area contributed by atoms with E-state index in [1.54, 1.807) is 11.3 Å². The number of benzene rings is 2. The third-order valence-corrected chi connectivity index (χ3v) is 4.51. The third kappa shape index (κ3) is 4.00. The van der Waals surface area contributed by atoms with E-state index in [2.05, 4.69) is 27.3 Å². The fraction of sp³-hybridized carbons (Fsp3) is 0.0476. The highest BCUT2D eigenvalue weighted by molar-refractivity contribution is 7.13. The van der Waals surface area contributed by atoms with Gasteiger partial charge in [-0.3, -0.25) is 0 Å². The summed E-state index contributed by atoms with van der Waals surface area (Å²) in [5.74, 6) is 7.52. The van der Waals surface area contributed by atoms with Crippen molar-refractivity contribution in [3.63, 3.8) is 0 Å². The molecule has 0 fully saturated rings. The van der Waals surface area contributed by atoms with E-state index in [1.165, 1.54) is 0 Å². The Bertz CT molecular complexity index is 1040. The third-order valence-electron chi connectivity index (χ3n) is 3.64. The molecule has 4 rings (SSSR count). The van der Waals surface area contributed by atoms with E-state index in [-0.39, 0.29) is 0 Å². The summed E-state index contributed by atoms with van der Waals surface area (Å²) in [6, 6.07) is 21.8. The molecule has 5 heteroatoms. The zero-order valence-electron chi connectivity index (χ0n) is 13.8. The van der Waals surface area contributed by atoms with Gasteiger partial charge in [0.2, 0.25) is 11.7 Å². The maximum atomic E-state index is 5.30. The first-order chi connectivity index (χ1) is 12.9. The minimum atomic E-state index is 0.466. The number of rotatable bonds is 4. The molecule has 2 aromatic heterocycles. The minimum absolute atomic E-state index is 0.466. The number of thiophene rings is 1. The Morgan fingerprint density at radius 1 is 0.923 bits per heavy atom. The van der Waals surface area contributed by atoms with Crippen LogP contribution in [0, 0.1) is 11.8 Å². The lowest BCUT2D eigenvalue weighted by Gasteiger charge is -2.03. The van der Waals surface area contributed by atoms with Gasteiger partial charge in [0, 0.05) is 16.8 Å². The second-order valence-corrected chi connectivity index (χ2v) is 6.49. The summed E-state index contributed by atoms with van der Waals surface area (Å²) in [5, 5.41) is 9.30. The van der Waals surface area contributed by atoms with Crippen molar-refractivity contribution in [2.24, 2.45) is 0 Å². The molecule has 0 aliphatic rings. The fourth-order valence-corrected chi connectivity index (χ4v) is 3.03. The molecule has 2 heterocycles. The van der Waals surface area contributed by atoms with Gasteiger partial charge < -0.3 is 9.84 Å². The Labute approximate surface area is 155 Å². The fourth-order valence-electron chi connectivity index (χ4n) is 2.38. The Morgan fingerprint density at radius 2 is 1.77 bits per heavy atom. The number of nitrogens with one attached hydrogen (secondary N) is 1. The van der Waals surface area contributed by atoms with Crippen LogP contribution in [-0.2, 0) is 6.54 Å². The maximum Gasteiger partial charge on any atom is 0.246 e. The van der Waals surface area contributed by atoms with E-state index in [0.717, 1.165) is 21.7 Å². The predicted octanol–water partition coefficient (Wildman–Crippen LogP) is 4.81. The number of hydrogen-bond donors (Lipinski definition) is 1. The first-order valence-electron chi connectivity index (χ1n) is 8.14. The van der Waals surface area contributed by atoms with Crippen LogP contribution in [0.3, 0.4) is 0 Å². The number of anilines is 1. The van der Waals surface area contributed by atoms with Crippen molar-refractivity contribution in [1.29, 1.82) is 0 Å². The van der Waals surface area contributed by atoms with Crippen molar-refractivity contribution < 1.29 is 4.52 Å². The molecule has 4 aromatic rings. The maximum absolute atomic E-state index is 5.30. The molecule has 4 nitrogen and oxygen atoms in total. The summed E-state index contributed by atoms with van der Waals surface area (Å²) in [6.45, 7) is 0.466. The van der Waals surface area contributed by atoms with E-state index in [1.807, 2.05) is 72.1 Å². The van der Waals surface area contributed by atoms with Gasteiger partial charge in [0.1, 0.15) is 0 Å². The average molecular weight is 357 g/mol. The van der Waals surface area contributed by atoms with Crippen molar-refractivity contribution in [1.82, 2.24) is 10.1 Å². The van der Waals surface area contributed by atoms with E-state index in [9.17, 15) is 0 Å². The Balaban J connectivity index is 1.42. The van der Waals surface area contributed by atoms with Crippen LogP contribution in [0.15, 0.2) is 76.6 Å². The van der Waals surface area contributed by atoms with Gasteiger partial charge in [-0.05, 0) is 41.8 Å². The Morgan fingerprint density at radius 3 is 2.62 bits per heavy atom. The van der Waals surface area contributed by atoms with Gasteiger partial charge in [0.25, 0.3) is 0 Å². The summed E-state index contributed by atoms with van der Waals surface area (Å²) >= 11 is 1.59. The SMILES string of the molecule is C(#Cc1cccc(NCc2nc(-c3cccs3)no2)c1)c1ccccc1. The van der Waals surface area contributed by atoms with E-state index in [4.69, 9.17) is 4.52 Å². The largest absolute Gasteiger partial charge is 0.376 e. The van der Waals surface area contributed by atoms with Crippen LogP contribution in [0.4, 0.5) is 5.69 Å². The van der Waals surface area contributed by atoms with Crippen molar-refractivity contribution >= 4 is 17.0 Å². The zero-order valence-corrected chi connectivity index (χ0v) is 14.7. The molecule has 1 N–H and O–H groups in total. The predicted molar refractivity (Wildman–Crippen MR) is 104 cm³/mol. The molecular weight excluding hydrogens is 342 g/mol. The first-order valence-corrected chi connectivity index (χ1v) is 9.02. The molecule has 0 saturated carbocycles. The van der Waals surface area contributed by atoms with Crippen molar-refractivity contribution in [2.45, 2.75) is 6.54 Å². The molecule has 0 bridgehead atoms. The monoisotopic (exact) mass is 357 g/mol. The summed E-state index contributed by atoms with van der Waals surface area (Å²) < 4.78 is 5.30. The van der Waals surface area contributed by atoms with Crippen molar-refractivity contribution in [3.05, 3.63) is 89.1 Å². The molecular formula is C21H15N3OS. The highest BCUT2D eigenvalue weighted by Gasteiger charge is 2.09. The lowest BCUT2D eigenvalue weighted by atomic mass is 10.1. The van der Waals surface area contributed by atoms with Crippen LogP contribution in [0.5, 0.6) is 0 Å². The lowest BCUT2D eigenvalue weighted by molar-refractivity contribution is 0.384. The number of aromatic nitrogens is 2. The molecule has 26 heavy (non-hydrogen) atoms. The first kappa shape index (κ1) is 16.1. The van der Waals surface area contributed by atoms with Crippen LogP contribution in [-0.4, -0.2) is 10.1 Å².